The normalized spacial score (nSPS) is 11.8. The smallest absolute Gasteiger partial charge is 0.407 e. The lowest BCUT2D eigenvalue weighted by Gasteiger charge is -2.08. The van der Waals surface area contributed by atoms with E-state index in [1.54, 1.807) is 0 Å². The Hall–Kier alpha value is -0.970. The van der Waals surface area contributed by atoms with Crippen LogP contribution < -0.4 is 5.32 Å². The summed E-state index contributed by atoms with van der Waals surface area (Å²) < 4.78 is 4.47. The first kappa shape index (κ1) is 11.0. The summed E-state index contributed by atoms with van der Waals surface area (Å²) in [7, 11) is 0. The van der Waals surface area contributed by atoms with Crippen molar-refractivity contribution in [1.82, 2.24) is 5.32 Å². The zero-order valence-corrected chi connectivity index (χ0v) is 7.30. The molecule has 1 unspecified atom stereocenters. The van der Waals surface area contributed by atoms with Crippen LogP contribution in [-0.4, -0.2) is 35.7 Å². The van der Waals surface area contributed by atoms with Gasteiger partial charge in [0, 0.05) is 0 Å². The third kappa shape index (κ3) is 4.79. The number of alkyl halides is 1. The molecule has 12 heavy (non-hydrogen) atoms. The molecule has 0 heterocycles. The predicted molar refractivity (Wildman–Crippen MR) is 42.3 cm³/mol. The quantitative estimate of drug-likeness (QED) is 0.638. The molecular formula is C6H10ClNO4. The van der Waals surface area contributed by atoms with Crippen molar-refractivity contribution in [3.63, 3.8) is 0 Å². The van der Waals surface area contributed by atoms with Crippen molar-refractivity contribution in [1.29, 1.82) is 0 Å². The zero-order chi connectivity index (χ0) is 9.56. The molecule has 0 radical (unpaired) electrons. The molecule has 0 spiro atoms. The highest BCUT2D eigenvalue weighted by atomic mass is 35.5. The highest BCUT2D eigenvalue weighted by molar-refractivity contribution is 6.18. The minimum atomic E-state index is -1.11. The average molecular weight is 196 g/mol. The second-order valence-electron chi connectivity index (χ2n) is 2.03. The third-order valence-electron chi connectivity index (χ3n) is 1.02. The van der Waals surface area contributed by atoms with Crippen molar-refractivity contribution >= 4 is 23.7 Å². The van der Waals surface area contributed by atoms with E-state index in [9.17, 15) is 9.59 Å². The van der Waals surface area contributed by atoms with Crippen LogP contribution in [0, 0.1) is 0 Å². The summed E-state index contributed by atoms with van der Waals surface area (Å²) in [4.78, 5) is 20.9. The molecule has 70 valence electrons. The third-order valence-corrected chi connectivity index (χ3v) is 1.17. The molecule has 0 saturated carbocycles. The van der Waals surface area contributed by atoms with Crippen LogP contribution in [0.5, 0.6) is 0 Å². The molecule has 0 saturated heterocycles. The van der Waals surface area contributed by atoms with Crippen LogP contribution in [-0.2, 0) is 9.53 Å². The number of carbonyl (C=O) groups excluding carboxylic acids is 1. The van der Waals surface area contributed by atoms with E-state index in [-0.39, 0.29) is 12.5 Å². The molecule has 0 aliphatic rings. The molecule has 0 bridgehead atoms. The van der Waals surface area contributed by atoms with E-state index in [1.165, 1.54) is 6.92 Å². The van der Waals surface area contributed by atoms with Crippen LogP contribution in [0.2, 0.25) is 0 Å². The zero-order valence-electron chi connectivity index (χ0n) is 6.54. The topological polar surface area (TPSA) is 75.6 Å². The van der Waals surface area contributed by atoms with Gasteiger partial charge in [0.1, 0.15) is 12.6 Å². The predicted octanol–water partition coefficient (Wildman–Crippen LogP) is 0.425. The van der Waals surface area contributed by atoms with Gasteiger partial charge in [-0.05, 0) is 6.92 Å². The largest absolute Gasteiger partial charge is 0.480 e. The van der Waals surface area contributed by atoms with Crippen LogP contribution >= 0.6 is 11.6 Å². The molecular weight excluding hydrogens is 186 g/mol. The fourth-order valence-electron chi connectivity index (χ4n) is 0.411. The second kappa shape index (κ2) is 5.65. The molecule has 0 aromatic heterocycles. The van der Waals surface area contributed by atoms with E-state index in [0.717, 1.165) is 0 Å². The van der Waals surface area contributed by atoms with Gasteiger partial charge in [0.2, 0.25) is 0 Å². The maximum atomic E-state index is 10.7. The summed E-state index contributed by atoms with van der Waals surface area (Å²) in [5, 5.41) is 10.5. The summed E-state index contributed by atoms with van der Waals surface area (Å²) in [6.45, 7) is 1.41. The highest BCUT2D eigenvalue weighted by Gasteiger charge is 2.13. The van der Waals surface area contributed by atoms with E-state index in [1.807, 2.05) is 0 Å². The lowest BCUT2D eigenvalue weighted by atomic mass is 10.4. The van der Waals surface area contributed by atoms with Crippen molar-refractivity contribution in [3.8, 4) is 0 Å². The highest BCUT2D eigenvalue weighted by Crippen LogP contribution is 1.85. The van der Waals surface area contributed by atoms with E-state index >= 15 is 0 Å². The fraction of sp³-hybridized carbons (Fsp3) is 0.667. The fourth-order valence-corrected chi connectivity index (χ4v) is 0.489. The Morgan fingerprint density at radius 3 is 2.67 bits per heavy atom. The first-order chi connectivity index (χ1) is 5.57. The monoisotopic (exact) mass is 195 g/mol. The Morgan fingerprint density at radius 2 is 2.25 bits per heavy atom. The van der Waals surface area contributed by atoms with Gasteiger partial charge < -0.3 is 15.2 Å². The molecule has 0 fully saturated rings. The van der Waals surface area contributed by atoms with Crippen molar-refractivity contribution in [3.05, 3.63) is 0 Å². The van der Waals surface area contributed by atoms with Crippen molar-refractivity contribution in [2.75, 3.05) is 12.5 Å². The number of nitrogens with one attached hydrogen (secondary N) is 1. The molecule has 0 aromatic rings. The molecule has 0 aromatic carbocycles. The van der Waals surface area contributed by atoms with Crippen LogP contribution in [0.15, 0.2) is 0 Å². The Labute approximate surface area is 74.6 Å². The van der Waals surface area contributed by atoms with Crippen LogP contribution in [0.3, 0.4) is 0 Å². The number of carboxylic acid groups (broad SMARTS) is 1. The lowest BCUT2D eigenvalue weighted by Crippen LogP contribution is -2.38. The molecule has 1 atom stereocenters. The van der Waals surface area contributed by atoms with Crippen LogP contribution in [0.25, 0.3) is 0 Å². The summed E-state index contributed by atoms with van der Waals surface area (Å²) >= 11 is 5.22. The number of rotatable bonds is 4. The molecule has 2 N–H and O–H groups in total. The second-order valence-corrected chi connectivity index (χ2v) is 2.41. The Balaban J connectivity index is 3.61. The van der Waals surface area contributed by atoms with Gasteiger partial charge in [-0.1, -0.05) is 0 Å². The van der Waals surface area contributed by atoms with Gasteiger partial charge in [-0.2, -0.15) is 0 Å². The van der Waals surface area contributed by atoms with Crippen molar-refractivity contribution in [2.45, 2.75) is 13.0 Å². The number of amides is 1. The van der Waals surface area contributed by atoms with Crippen molar-refractivity contribution < 1.29 is 19.4 Å². The van der Waals surface area contributed by atoms with Crippen molar-refractivity contribution in [2.24, 2.45) is 0 Å². The number of hydrogen-bond acceptors (Lipinski definition) is 3. The van der Waals surface area contributed by atoms with E-state index < -0.39 is 18.1 Å². The molecule has 0 aliphatic carbocycles. The minimum Gasteiger partial charge on any atom is -0.480 e. The van der Waals surface area contributed by atoms with Gasteiger partial charge in [-0.3, -0.25) is 4.79 Å². The number of aliphatic carboxylic acids is 1. The molecule has 6 heteroatoms. The summed E-state index contributed by atoms with van der Waals surface area (Å²) in [6.07, 6.45) is -0.773. The summed E-state index contributed by atoms with van der Waals surface area (Å²) in [5.41, 5.74) is 0. The lowest BCUT2D eigenvalue weighted by molar-refractivity contribution is -0.138. The van der Waals surface area contributed by atoms with Gasteiger partial charge in [0.25, 0.3) is 0 Å². The molecule has 0 aliphatic heterocycles. The molecule has 1 amide bonds. The number of halogens is 1. The first-order valence-corrected chi connectivity index (χ1v) is 3.83. The Bertz CT molecular complexity index is 173. The minimum absolute atomic E-state index is 0.0692. The van der Waals surface area contributed by atoms with Crippen LogP contribution in [0.4, 0.5) is 4.79 Å². The van der Waals surface area contributed by atoms with Gasteiger partial charge in [-0.25, -0.2) is 4.79 Å². The Kier molecular flexibility index (Phi) is 5.19. The number of carboxylic acids is 1. The maximum Gasteiger partial charge on any atom is 0.407 e. The summed E-state index contributed by atoms with van der Waals surface area (Å²) in [5.74, 6) is -0.924. The standard InChI is InChI=1S/C6H10ClNO4/c1-4(5(9)10)8-6(11)12-3-2-7/h4H,2-3H2,1H3,(H,8,11)(H,9,10). The number of hydrogen-bond donors (Lipinski definition) is 2. The first-order valence-electron chi connectivity index (χ1n) is 3.30. The van der Waals surface area contributed by atoms with E-state index in [0.29, 0.717) is 0 Å². The van der Waals surface area contributed by atoms with Crippen LogP contribution in [0.1, 0.15) is 6.92 Å². The van der Waals surface area contributed by atoms with E-state index in [2.05, 4.69) is 10.1 Å². The van der Waals surface area contributed by atoms with Gasteiger partial charge in [-0.15, -0.1) is 11.6 Å². The van der Waals surface area contributed by atoms with Gasteiger partial charge in [0.05, 0.1) is 5.88 Å². The number of alkyl carbamates (subject to hydrolysis) is 1. The number of carbonyl (C=O) groups is 2. The van der Waals surface area contributed by atoms with E-state index in [4.69, 9.17) is 16.7 Å². The summed E-state index contributed by atoms with van der Waals surface area (Å²) in [6, 6.07) is -0.951. The maximum absolute atomic E-state index is 10.7. The molecule has 5 nitrogen and oxygen atoms in total. The Morgan fingerprint density at radius 1 is 1.67 bits per heavy atom. The van der Waals surface area contributed by atoms with Gasteiger partial charge >= 0.3 is 12.1 Å². The average Bonchev–Trinajstić information content (AvgIpc) is 2.00. The van der Waals surface area contributed by atoms with Gasteiger partial charge in [0.15, 0.2) is 0 Å². The number of ether oxygens (including phenoxy) is 1. The SMILES string of the molecule is CC(NC(=O)OCCCl)C(=O)O. The molecule has 0 rings (SSSR count).